The summed E-state index contributed by atoms with van der Waals surface area (Å²) in [4.78, 5) is 53.9. The molecule has 0 saturated carbocycles. The molecule has 0 spiro atoms. The summed E-state index contributed by atoms with van der Waals surface area (Å²) in [7, 11) is 0. The lowest BCUT2D eigenvalue weighted by molar-refractivity contribution is 0.660. The standard InChI is InChI=1S/C29H18ClN3O.C28H18ClN3O.C28H20ClN3.C25H16ClN3/c1-2-18-8-6-11-21(16-18)27-31-28(33-29(30)32-27)22-12-7-13-25-26(22)23-17-20(14-15-24(23)34-25)19-9-4-3-5-10-19;1-17-7-5-10-19(15-17)20-13-14-21-24(16-20)33-23-12-6-11-22(25(21)23)27-30-26(31-28(29)32-27)18-8-3-2-4-9-18;1-28(2)23-13-6-5-11-20(23)21-15-14-18(16-24(21)28)25-30-26(32-27(29)31-25)22-12-7-9-17-8-3-4-10-19(17)22;26-25-28-23(18-11-5-2-6-12-18)27-24(29-25)22-16-20-14-8-7-13-19(20)15-21(22)17-9-3-1-4-10-17/h2-17H,1H2;2-16H,1H3;3-16H,1-2H3;1-16H/i;;;2D,5D,6D,11D,12D. The molecule has 0 N–H and O–H groups in total. The van der Waals surface area contributed by atoms with Gasteiger partial charge in [-0.05, 0) is 197 Å². The molecule has 612 valence electrons. The van der Waals surface area contributed by atoms with Gasteiger partial charge in [0.15, 0.2) is 46.6 Å². The molecule has 128 heavy (non-hydrogen) atoms. The summed E-state index contributed by atoms with van der Waals surface area (Å²) in [5.41, 5.74) is 22.7. The third-order valence-corrected chi connectivity index (χ3v) is 23.3. The van der Waals surface area contributed by atoms with E-state index in [1.54, 1.807) is 6.08 Å². The van der Waals surface area contributed by atoms with Gasteiger partial charge in [0.25, 0.3) is 0 Å². The van der Waals surface area contributed by atoms with Gasteiger partial charge >= 0.3 is 0 Å². The third kappa shape index (κ3) is 16.4. The minimum atomic E-state index is -0.486. The average molecular weight is 1740 g/mol. The number of aromatic nitrogens is 12. The minimum absolute atomic E-state index is 0.0841. The maximum absolute atomic E-state index is 8.29. The quantitative estimate of drug-likeness (QED) is 0.113. The number of nitrogens with zero attached hydrogens (tertiary/aromatic N) is 12. The normalized spacial score (nSPS) is 12.4. The molecule has 0 unspecified atom stereocenters. The van der Waals surface area contributed by atoms with Gasteiger partial charge in [-0.3, -0.25) is 0 Å². The molecule has 0 fully saturated rings. The summed E-state index contributed by atoms with van der Waals surface area (Å²) in [5.74, 6) is 3.39. The Labute approximate surface area is 763 Å². The van der Waals surface area contributed by atoms with Gasteiger partial charge in [-0.2, -0.15) is 39.9 Å². The fourth-order valence-corrected chi connectivity index (χ4v) is 17.2. The zero-order valence-electron chi connectivity index (χ0n) is 73.7. The van der Waals surface area contributed by atoms with Crippen LogP contribution >= 0.6 is 46.4 Å². The number of aryl methyl sites for hydroxylation is 1. The zero-order chi connectivity index (χ0) is 91.3. The van der Waals surface area contributed by atoms with Gasteiger partial charge < -0.3 is 8.83 Å². The fraction of sp³-hybridized carbons (Fsp3) is 0.0364. The highest BCUT2D eigenvalue weighted by Crippen LogP contribution is 2.50. The van der Waals surface area contributed by atoms with Crippen molar-refractivity contribution in [2.24, 2.45) is 0 Å². The molecule has 0 bridgehead atoms. The van der Waals surface area contributed by atoms with E-state index < -0.39 is 30.2 Å². The van der Waals surface area contributed by atoms with Crippen LogP contribution in [0.3, 0.4) is 0 Å². The van der Waals surface area contributed by atoms with Gasteiger partial charge in [-0.1, -0.05) is 335 Å². The highest BCUT2D eigenvalue weighted by Gasteiger charge is 2.36. The van der Waals surface area contributed by atoms with Crippen molar-refractivity contribution < 1.29 is 15.7 Å². The van der Waals surface area contributed by atoms with Crippen LogP contribution in [0.5, 0.6) is 0 Å². The second kappa shape index (κ2) is 35.0. The van der Waals surface area contributed by atoms with Gasteiger partial charge in [0.05, 0.1) is 6.85 Å². The van der Waals surface area contributed by atoms with Crippen molar-refractivity contribution >= 4 is 118 Å². The van der Waals surface area contributed by atoms with E-state index in [0.29, 0.717) is 40.5 Å². The maximum Gasteiger partial charge on any atom is 0.226 e. The van der Waals surface area contributed by atoms with Gasteiger partial charge in [-0.15, -0.1) is 0 Å². The first kappa shape index (κ1) is 75.1. The largest absolute Gasteiger partial charge is 0.456 e. The summed E-state index contributed by atoms with van der Waals surface area (Å²) in [5, 5.41) is 8.51. The molecule has 1 aliphatic rings. The average Bonchev–Trinajstić information content (AvgIpc) is 1.71. The van der Waals surface area contributed by atoms with E-state index in [2.05, 4.69) is 200 Å². The SMILES string of the molecule is C=Cc1cccc(-c2nc(Cl)nc(-c3cccc4oc5ccc(-c6ccccc6)cc5c34)n2)c1.CC1(C)c2ccccc2-c2ccc(-c3nc(Cl)nc(-c4cccc5ccccc45)n3)cc21.Cc1cccc(-c2ccc3c(c2)oc2cccc(-c4nc(Cl)nc(-c5ccccc5)n4)c23)c1.[2H]c1c([2H])c([2H])c(-c2nc(Cl)nc(-c3cc4ccccc4cc3-c3ccccc3)n2)c([2H])c1[2H]. The Morgan fingerprint density at radius 2 is 0.711 bits per heavy atom. The first-order valence-corrected chi connectivity index (χ1v) is 42.6. The molecular weight excluding hydrogens is 1660 g/mol. The van der Waals surface area contributed by atoms with Crippen LogP contribution in [0.4, 0.5) is 0 Å². The van der Waals surface area contributed by atoms with Crippen LogP contribution in [0.1, 0.15) is 43.0 Å². The van der Waals surface area contributed by atoms with Crippen molar-refractivity contribution in [2.75, 3.05) is 0 Å². The van der Waals surface area contributed by atoms with Crippen LogP contribution in [0.2, 0.25) is 21.1 Å². The van der Waals surface area contributed by atoms with Crippen LogP contribution in [-0.2, 0) is 5.41 Å². The number of rotatable bonds is 12. The summed E-state index contributed by atoms with van der Waals surface area (Å²) < 4.78 is 52.8. The van der Waals surface area contributed by atoms with Crippen molar-refractivity contribution in [3.8, 4) is 136 Å². The molecule has 18 heteroatoms. The molecule has 6 aromatic heterocycles. The van der Waals surface area contributed by atoms with Crippen molar-refractivity contribution in [2.45, 2.75) is 26.2 Å². The van der Waals surface area contributed by atoms with Gasteiger partial charge in [0, 0.05) is 71.5 Å². The van der Waals surface area contributed by atoms with Gasteiger partial charge in [0.1, 0.15) is 22.3 Å². The number of fused-ring (bicyclic) bond motifs is 11. The lowest BCUT2D eigenvalue weighted by Crippen LogP contribution is -2.15. The molecule has 0 radical (unpaired) electrons. The number of hydrogen-bond acceptors (Lipinski definition) is 14. The first-order chi connectivity index (χ1) is 64.7. The molecule has 22 aromatic rings. The van der Waals surface area contributed by atoms with E-state index in [9.17, 15) is 0 Å². The number of furan rings is 2. The smallest absolute Gasteiger partial charge is 0.226 e. The van der Waals surface area contributed by atoms with Crippen molar-refractivity contribution in [1.29, 1.82) is 0 Å². The molecule has 1 aliphatic carbocycles. The van der Waals surface area contributed by atoms with Crippen molar-refractivity contribution in [3.05, 3.63) is 414 Å². The second-order valence-electron chi connectivity index (χ2n) is 31.0. The van der Waals surface area contributed by atoms with Crippen LogP contribution in [0.25, 0.3) is 207 Å². The molecule has 6 heterocycles. The topological polar surface area (TPSA) is 181 Å². The van der Waals surface area contributed by atoms with E-state index in [1.165, 1.54) is 27.8 Å². The Kier molecular flexibility index (Phi) is 20.5. The molecule has 0 aliphatic heterocycles. The zero-order valence-corrected chi connectivity index (χ0v) is 71.8. The second-order valence-corrected chi connectivity index (χ2v) is 32.3. The van der Waals surface area contributed by atoms with Crippen molar-refractivity contribution in [1.82, 2.24) is 59.8 Å². The van der Waals surface area contributed by atoms with Gasteiger partial charge in [-0.25, -0.2) is 19.9 Å². The van der Waals surface area contributed by atoms with E-state index >= 15 is 0 Å². The Morgan fingerprint density at radius 3 is 1.36 bits per heavy atom. The monoisotopic (exact) mass is 1740 g/mol. The van der Waals surface area contributed by atoms with E-state index in [0.717, 1.165) is 138 Å². The molecule has 16 aromatic carbocycles. The third-order valence-electron chi connectivity index (χ3n) is 22.6. The molecule has 0 atom stereocenters. The Morgan fingerprint density at radius 1 is 0.273 bits per heavy atom. The predicted molar refractivity (Wildman–Crippen MR) is 521 cm³/mol. The van der Waals surface area contributed by atoms with Crippen LogP contribution in [-0.4, -0.2) is 59.8 Å². The van der Waals surface area contributed by atoms with Crippen LogP contribution < -0.4 is 0 Å². The van der Waals surface area contributed by atoms with E-state index in [4.69, 9.17) is 77.0 Å². The van der Waals surface area contributed by atoms with Crippen molar-refractivity contribution in [3.63, 3.8) is 0 Å². The van der Waals surface area contributed by atoms with Crippen LogP contribution in [0.15, 0.2) is 379 Å². The van der Waals surface area contributed by atoms with Crippen LogP contribution in [0, 0.1) is 6.92 Å². The number of hydrogen-bond donors (Lipinski definition) is 0. The highest BCUT2D eigenvalue weighted by molar-refractivity contribution is 6.29. The van der Waals surface area contributed by atoms with Gasteiger partial charge in [0.2, 0.25) is 21.1 Å². The highest BCUT2D eigenvalue weighted by atomic mass is 35.5. The fourth-order valence-electron chi connectivity index (χ4n) is 16.5. The summed E-state index contributed by atoms with van der Waals surface area (Å²) in [6.07, 6.45) is 1.79. The Balaban J connectivity index is 0.000000110. The molecule has 0 saturated heterocycles. The number of benzene rings is 16. The first-order valence-electron chi connectivity index (χ1n) is 43.6. The maximum atomic E-state index is 8.29. The predicted octanol–water partition coefficient (Wildman–Crippen LogP) is 29.8. The van der Waals surface area contributed by atoms with E-state index in [-0.39, 0.29) is 43.8 Å². The lowest BCUT2D eigenvalue weighted by atomic mass is 9.82. The Hall–Kier alpha value is -15.4. The minimum Gasteiger partial charge on any atom is -0.456 e. The number of halogens is 4. The summed E-state index contributed by atoms with van der Waals surface area (Å²) >= 11 is 25.3. The summed E-state index contributed by atoms with van der Waals surface area (Å²) in [6, 6.07) is 110. The molecule has 23 rings (SSSR count). The summed E-state index contributed by atoms with van der Waals surface area (Å²) in [6.45, 7) is 10.5. The molecular formula is C110H72Cl4N12O2. The molecule has 0 amide bonds. The van der Waals surface area contributed by atoms with E-state index in [1.807, 2.05) is 206 Å². The molecule has 14 nitrogen and oxygen atoms in total. The lowest BCUT2D eigenvalue weighted by Gasteiger charge is -2.21. The Bertz CT molecular complexity index is 8350.